The van der Waals surface area contributed by atoms with Gasteiger partial charge in [-0.3, -0.25) is 10.1 Å². The average Bonchev–Trinajstić information content (AvgIpc) is 2.74. The molecule has 0 saturated heterocycles. The highest BCUT2D eigenvalue weighted by atomic mass is 35.5. The lowest BCUT2D eigenvalue weighted by atomic mass is 10.1. The first kappa shape index (κ1) is 16.3. The maximum atomic E-state index is 12.1. The number of hydrogen-bond acceptors (Lipinski definition) is 3. The summed E-state index contributed by atoms with van der Waals surface area (Å²) < 4.78 is 0. The quantitative estimate of drug-likeness (QED) is 0.787. The minimum atomic E-state index is -0.542. The third-order valence-electron chi connectivity index (χ3n) is 3.12. The predicted molar refractivity (Wildman–Crippen MR) is 91.0 cm³/mol. The predicted octanol–water partition coefficient (Wildman–Crippen LogP) is 4.02. The van der Waals surface area contributed by atoms with Gasteiger partial charge >= 0.3 is 6.03 Å². The fourth-order valence-electron chi connectivity index (χ4n) is 2.18. The molecular weight excluding hydrogens is 322 g/mol. The van der Waals surface area contributed by atoms with E-state index in [1.807, 2.05) is 13.8 Å². The number of primary amides is 1. The molecule has 0 atom stereocenters. The highest BCUT2D eigenvalue weighted by molar-refractivity contribution is 7.16. The Kier molecular flexibility index (Phi) is 5.05. The zero-order valence-electron chi connectivity index (χ0n) is 12.2. The Hall–Kier alpha value is -2.05. The van der Waals surface area contributed by atoms with Crippen LogP contribution in [-0.4, -0.2) is 11.9 Å². The van der Waals surface area contributed by atoms with Crippen LogP contribution in [0, 0.1) is 6.92 Å². The lowest BCUT2D eigenvalue weighted by Crippen LogP contribution is -2.21. The van der Waals surface area contributed by atoms with Gasteiger partial charge in [0.05, 0.1) is 5.56 Å². The maximum absolute atomic E-state index is 12.1. The summed E-state index contributed by atoms with van der Waals surface area (Å²) in [5.74, 6) is -0.542. The van der Waals surface area contributed by atoms with Crippen molar-refractivity contribution in [3.63, 3.8) is 0 Å². The number of carbonyl (C=O) groups is 2. The Labute approximate surface area is 137 Å². The van der Waals surface area contributed by atoms with Gasteiger partial charge in [-0.25, -0.2) is 4.79 Å². The Morgan fingerprint density at radius 3 is 2.64 bits per heavy atom. The number of aryl methyl sites for hydroxylation is 1. The smallest absolute Gasteiger partial charge is 0.324 e. The topological polar surface area (TPSA) is 84.2 Å². The van der Waals surface area contributed by atoms with Gasteiger partial charge in [0.1, 0.15) is 5.00 Å². The molecule has 0 saturated carbocycles. The fraction of sp³-hybridized carbons (Fsp3) is 0.200. The third-order valence-corrected chi connectivity index (χ3v) is 4.42. The van der Waals surface area contributed by atoms with Crippen LogP contribution in [0.2, 0.25) is 5.02 Å². The van der Waals surface area contributed by atoms with Crippen molar-refractivity contribution in [2.45, 2.75) is 20.3 Å². The molecule has 22 heavy (non-hydrogen) atoms. The first-order valence-electron chi connectivity index (χ1n) is 6.68. The van der Waals surface area contributed by atoms with Crippen LogP contribution in [0.5, 0.6) is 0 Å². The van der Waals surface area contributed by atoms with Gasteiger partial charge in [0, 0.05) is 15.6 Å². The number of nitrogens with one attached hydrogen (secondary N) is 2. The van der Waals surface area contributed by atoms with Crippen LogP contribution in [0.1, 0.15) is 27.7 Å². The highest BCUT2D eigenvalue weighted by Crippen LogP contribution is 2.33. The number of carbonyl (C=O) groups excluding carboxylic acids is 2. The second-order valence-corrected chi connectivity index (χ2v) is 6.31. The Morgan fingerprint density at radius 1 is 1.32 bits per heavy atom. The first-order chi connectivity index (χ1) is 10.4. The Morgan fingerprint density at radius 2 is 2.05 bits per heavy atom. The number of urea groups is 1. The van der Waals surface area contributed by atoms with Crippen molar-refractivity contribution in [1.29, 1.82) is 0 Å². The number of anilines is 2. The first-order valence-corrected chi connectivity index (χ1v) is 7.87. The second kappa shape index (κ2) is 6.81. The van der Waals surface area contributed by atoms with Gasteiger partial charge in [-0.05, 0) is 37.1 Å². The molecular formula is C15H16ClN3O2S. The lowest BCUT2D eigenvalue weighted by molar-refractivity contribution is 0.100. The van der Waals surface area contributed by atoms with Crippen molar-refractivity contribution in [1.82, 2.24) is 0 Å². The summed E-state index contributed by atoms with van der Waals surface area (Å²) in [5.41, 5.74) is 7.25. The standard InChI is InChI=1S/C15H16ClN3O2S/c1-3-11-8(2)22-14(12(11)13(17)20)19-15(21)18-10-6-4-5-9(16)7-10/h4-7H,3H2,1-2H3,(H2,17,20)(H2,18,19,21). The number of rotatable bonds is 4. The monoisotopic (exact) mass is 337 g/mol. The number of hydrogen-bond donors (Lipinski definition) is 3. The Balaban J connectivity index is 2.20. The number of halogens is 1. The van der Waals surface area contributed by atoms with Gasteiger partial charge in [-0.15, -0.1) is 11.3 Å². The molecule has 116 valence electrons. The van der Waals surface area contributed by atoms with E-state index in [0.29, 0.717) is 27.7 Å². The third kappa shape index (κ3) is 3.58. The lowest BCUT2D eigenvalue weighted by Gasteiger charge is -2.08. The van der Waals surface area contributed by atoms with Crippen LogP contribution in [0.3, 0.4) is 0 Å². The van der Waals surface area contributed by atoms with E-state index < -0.39 is 11.9 Å². The summed E-state index contributed by atoms with van der Waals surface area (Å²) in [6, 6.07) is 6.35. The summed E-state index contributed by atoms with van der Waals surface area (Å²) >= 11 is 7.20. The molecule has 0 bridgehead atoms. The van der Waals surface area contributed by atoms with E-state index in [1.165, 1.54) is 11.3 Å². The van der Waals surface area contributed by atoms with Gasteiger partial charge in [-0.2, -0.15) is 0 Å². The molecule has 1 heterocycles. The zero-order valence-corrected chi connectivity index (χ0v) is 13.8. The van der Waals surface area contributed by atoms with Gasteiger partial charge in [0.25, 0.3) is 5.91 Å². The van der Waals surface area contributed by atoms with Crippen LogP contribution < -0.4 is 16.4 Å². The molecule has 4 N–H and O–H groups in total. The van der Waals surface area contributed by atoms with E-state index in [0.717, 1.165) is 10.4 Å². The number of thiophene rings is 1. The molecule has 5 nitrogen and oxygen atoms in total. The molecule has 0 spiro atoms. The van der Waals surface area contributed by atoms with Crippen molar-refractivity contribution in [3.8, 4) is 0 Å². The van der Waals surface area contributed by atoms with Crippen molar-refractivity contribution < 1.29 is 9.59 Å². The zero-order chi connectivity index (χ0) is 16.3. The molecule has 0 aliphatic rings. The second-order valence-electron chi connectivity index (χ2n) is 4.65. The summed E-state index contributed by atoms with van der Waals surface area (Å²) in [5, 5.41) is 6.33. The number of nitrogens with two attached hydrogens (primary N) is 1. The molecule has 0 radical (unpaired) electrons. The van der Waals surface area contributed by atoms with E-state index >= 15 is 0 Å². The number of amides is 3. The molecule has 0 aliphatic heterocycles. The van der Waals surface area contributed by atoms with Gasteiger partial charge < -0.3 is 11.1 Å². The largest absolute Gasteiger partial charge is 0.365 e. The van der Waals surface area contributed by atoms with E-state index in [1.54, 1.807) is 24.3 Å². The fourth-order valence-corrected chi connectivity index (χ4v) is 3.52. The van der Waals surface area contributed by atoms with Gasteiger partial charge in [-0.1, -0.05) is 24.6 Å². The van der Waals surface area contributed by atoms with Crippen molar-refractivity contribution in [3.05, 3.63) is 45.3 Å². The summed E-state index contributed by atoms with van der Waals surface area (Å²) in [6.07, 6.45) is 0.679. The Bertz CT molecular complexity index is 728. The van der Waals surface area contributed by atoms with Crippen LogP contribution in [0.15, 0.2) is 24.3 Å². The molecule has 2 aromatic rings. The molecule has 0 aliphatic carbocycles. The van der Waals surface area contributed by atoms with Crippen molar-refractivity contribution in [2.75, 3.05) is 10.6 Å². The van der Waals surface area contributed by atoms with E-state index in [-0.39, 0.29) is 0 Å². The van der Waals surface area contributed by atoms with Crippen LogP contribution in [0.25, 0.3) is 0 Å². The molecule has 1 aromatic carbocycles. The maximum Gasteiger partial charge on any atom is 0.324 e. The van der Waals surface area contributed by atoms with E-state index in [9.17, 15) is 9.59 Å². The van der Waals surface area contributed by atoms with Crippen LogP contribution in [0.4, 0.5) is 15.5 Å². The van der Waals surface area contributed by atoms with Crippen LogP contribution >= 0.6 is 22.9 Å². The molecule has 3 amide bonds. The van der Waals surface area contributed by atoms with Crippen molar-refractivity contribution >= 4 is 45.6 Å². The minimum Gasteiger partial charge on any atom is -0.365 e. The number of benzene rings is 1. The summed E-state index contributed by atoms with van der Waals surface area (Å²) in [4.78, 5) is 24.7. The average molecular weight is 338 g/mol. The highest BCUT2D eigenvalue weighted by Gasteiger charge is 2.20. The van der Waals surface area contributed by atoms with Crippen molar-refractivity contribution in [2.24, 2.45) is 5.73 Å². The molecule has 0 fully saturated rings. The molecule has 2 rings (SSSR count). The summed E-state index contributed by atoms with van der Waals surface area (Å²) in [6.45, 7) is 3.84. The molecule has 0 unspecified atom stereocenters. The molecule has 1 aromatic heterocycles. The molecule has 7 heteroatoms. The summed E-state index contributed by atoms with van der Waals surface area (Å²) in [7, 11) is 0. The SMILES string of the molecule is CCc1c(C)sc(NC(=O)Nc2cccc(Cl)c2)c1C(N)=O. The normalized spacial score (nSPS) is 10.3. The minimum absolute atomic E-state index is 0.381. The van der Waals surface area contributed by atoms with Crippen LogP contribution in [-0.2, 0) is 6.42 Å². The van der Waals surface area contributed by atoms with E-state index in [2.05, 4.69) is 10.6 Å². The van der Waals surface area contributed by atoms with Gasteiger partial charge in [0.2, 0.25) is 0 Å². The van der Waals surface area contributed by atoms with E-state index in [4.69, 9.17) is 17.3 Å². The van der Waals surface area contributed by atoms with Gasteiger partial charge in [0.15, 0.2) is 0 Å².